The molecule has 3 nitrogen and oxygen atoms in total. The van der Waals surface area contributed by atoms with Crippen molar-refractivity contribution in [3.63, 3.8) is 0 Å². The molecule has 0 bridgehead atoms. The SMILES string of the molecule is CCN(C(=O)c1ccc(C(Cl)c2cccc(OC)c2)cc1)c1ccccc1. The van der Waals surface area contributed by atoms with E-state index in [2.05, 4.69) is 0 Å². The molecule has 0 saturated carbocycles. The molecule has 4 heteroatoms. The number of amides is 1. The Balaban J connectivity index is 1.81. The molecular formula is C23H22ClNO2. The van der Waals surface area contributed by atoms with E-state index in [1.807, 2.05) is 85.8 Å². The van der Waals surface area contributed by atoms with E-state index in [9.17, 15) is 4.79 Å². The molecule has 27 heavy (non-hydrogen) atoms. The molecule has 0 fully saturated rings. The lowest BCUT2D eigenvalue weighted by Crippen LogP contribution is -2.30. The highest BCUT2D eigenvalue weighted by Crippen LogP contribution is 2.31. The summed E-state index contributed by atoms with van der Waals surface area (Å²) >= 11 is 6.63. The number of alkyl halides is 1. The van der Waals surface area contributed by atoms with Crippen LogP contribution in [0.5, 0.6) is 5.75 Å². The van der Waals surface area contributed by atoms with Crippen LogP contribution in [0, 0.1) is 0 Å². The van der Waals surface area contributed by atoms with E-state index in [-0.39, 0.29) is 11.3 Å². The smallest absolute Gasteiger partial charge is 0.258 e. The van der Waals surface area contributed by atoms with E-state index in [0.29, 0.717) is 12.1 Å². The highest BCUT2D eigenvalue weighted by molar-refractivity contribution is 6.22. The van der Waals surface area contributed by atoms with Crippen LogP contribution in [-0.2, 0) is 0 Å². The van der Waals surface area contributed by atoms with Gasteiger partial charge in [0.15, 0.2) is 0 Å². The number of para-hydroxylation sites is 1. The van der Waals surface area contributed by atoms with Gasteiger partial charge in [-0.05, 0) is 54.4 Å². The van der Waals surface area contributed by atoms with Gasteiger partial charge in [0.05, 0.1) is 12.5 Å². The van der Waals surface area contributed by atoms with Gasteiger partial charge < -0.3 is 9.64 Å². The van der Waals surface area contributed by atoms with Crippen molar-refractivity contribution < 1.29 is 9.53 Å². The lowest BCUT2D eigenvalue weighted by molar-refractivity contribution is 0.0988. The summed E-state index contributed by atoms with van der Waals surface area (Å²) in [5, 5.41) is -0.305. The third-order valence-corrected chi connectivity index (χ3v) is 4.97. The van der Waals surface area contributed by atoms with Gasteiger partial charge in [-0.3, -0.25) is 4.79 Å². The molecule has 0 spiro atoms. The number of nitrogens with zero attached hydrogens (tertiary/aromatic N) is 1. The first-order valence-corrected chi connectivity index (χ1v) is 9.32. The Morgan fingerprint density at radius 2 is 1.67 bits per heavy atom. The number of hydrogen-bond donors (Lipinski definition) is 0. The molecular weight excluding hydrogens is 358 g/mol. The molecule has 0 radical (unpaired) electrons. The summed E-state index contributed by atoms with van der Waals surface area (Å²) in [6, 6.07) is 24.8. The average molecular weight is 380 g/mol. The molecule has 0 aliphatic rings. The zero-order chi connectivity index (χ0) is 19.2. The number of benzene rings is 3. The monoisotopic (exact) mass is 379 g/mol. The first kappa shape index (κ1) is 19.0. The Morgan fingerprint density at radius 1 is 0.963 bits per heavy atom. The summed E-state index contributed by atoms with van der Waals surface area (Å²) in [7, 11) is 1.63. The minimum Gasteiger partial charge on any atom is -0.497 e. The van der Waals surface area contributed by atoms with Crippen LogP contribution in [0.25, 0.3) is 0 Å². The number of ether oxygens (including phenoxy) is 1. The third-order valence-electron chi connectivity index (χ3n) is 4.47. The molecule has 3 rings (SSSR count). The van der Waals surface area contributed by atoms with Crippen molar-refractivity contribution in [2.45, 2.75) is 12.3 Å². The van der Waals surface area contributed by atoms with Crippen molar-refractivity contribution in [1.29, 1.82) is 0 Å². The highest BCUT2D eigenvalue weighted by atomic mass is 35.5. The zero-order valence-corrected chi connectivity index (χ0v) is 16.2. The fraction of sp³-hybridized carbons (Fsp3) is 0.174. The number of hydrogen-bond acceptors (Lipinski definition) is 2. The number of anilines is 1. The van der Waals surface area contributed by atoms with E-state index < -0.39 is 0 Å². The summed E-state index contributed by atoms with van der Waals surface area (Å²) < 4.78 is 5.26. The van der Waals surface area contributed by atoms with Crippen LogP contribution in [0.15, 0.2) is 78.9 Å². The molecule has 0 aliphatic heterocycles. The fourth-order valence-electron chi connectivity index (χ4n) is 2.99. The van der Waals surface area contributed by atoms with Gasteiger partial charge in [-0.2, -0.15) is 0 Å². The maximum Gasteiger partial charge on any atom is 0.258 e. The molecule has 0 aliphatic carbocycles. The van der Waals surface area contributed by atoms with Crippen LogP contribution in [0.4, 0.5) is 5.69 Å². The maximum absolute atomic E-state index is 12.9. The summed E-state index contributed by atoms with van der Waals surface area (Å²) in [4.78, 5) is 14.6. The standard InChI is InChI=1S/C23H22ClNO2/c1-3-25(20-9-5-4-6-10-20)23(26)18-14-12-17(13-15-18)22(24)19-8-7-11-21(16-19)27-2/h4-16,22H,3H2,1-2H3. The number of carbonyl (C=O) groups is 1. The lowest BCUT2D eigenvalue weighted by Gasteiger charge is -2.21. The third kappa shape index (κ3) is 4.32. The zero-order valence-electron chi connectivity index (χ0n) is 15.4. The number of halogens is 1. The Labute approximate surface area is 165 Å². The highest BCUT2D eigenvalue weighted by Gasteiger charge is 2.17. The van der Waals surface area contributed by atoms with Crippen molar-refractivity contribution in [2.24, 2.45) is 0 Å². The molecule has 1 atom stereocenters. The summed E-state index contributed by atoms with van der Waals surface area (Å²) in [6.07, 6.45) is 0. The summed E-state index contributed by atoms with van der Waals surface area (Å²) in [5.74, 6) is 0.745. The van der Waals surface area contributed by atoms with Crippen LogP contribution in [0.2, 0.25) is 0 Å². The van der Waals surface area contributed by atoms with Gasteiger partial charge in [0.25, 0.3) is 5.91 Å². The summed E-state index contributed by atoms with van der Waals surface area (Å²) in [5.41, 5.74) is 3.42. The Hall–Kier alpha value is -2.78. The second kappa shape index (κ2) is 8.74. The first-order valence-electron chi connectivity index (χ1n) is 8.89. The molecule has 0 N–H and O–H groups in total. The van der Waals surface area contributed by atoms with Crippen LogP contribution in [0.3, 0.4) is 0 Å². The maximum atomic E-state index is 12.9. The van der Waals surface area contributed by atoms with Gasteiger partial charge in [0.1, 0.15) is 5.75 Å². The lowest BCUT2D eigenvalue weighted by atomic mass is 10.0. The molecule has 0 aromatic heterocycles. The van der Waals surface area contributed by atoms with Crippen molar-refractivity contribution in [3.05, 3.63) is 95.6 Å². The number of rotatable bonds is 6. The molecule has 3 aromatic carbocycles. The fourth-order valence-corrected chi connectivity index (χ4v) is 3.27. The number of carbonyl (C=O) groups excluding carboxylic acids is 1. The van der Waals surface area contributed by atoms with Crippen LogP contribution in [-0.4, -0.2) is 19.6 Å². The van der Waals surface area contributed by atoms with E-state index in [1.165, 1.54) is 0 Å². The summed E-state index contributed by atoms with van der Waals surface area (Å²) in [6.45, 7) is 2.57. The molecule has 1 amide bonds. The van der Waals surface area contributed by atoms with Crippen LogP contribution in [0.1, 0.15) is 33.8 Å². The van der Waals surface area contributed by atoms with Crippen molar-refractivity contribution in [2.75, 3.05) is 18.6 Å². The van der Waals surface area contributed by atoms with Gasteiger partial charge in [-0.25, -0.2) is 0 Å². The van der Waals surface area contributed by atoms with Gasteiger partial charge in [0.2, 0.25) is 0 Å². The van der Waals surface area contributed by atoms with E-state index >= 15 is 0 Å². The van der Waals surface area contributed by atoms with Gasteiger partial charge in [-0.15, -0.1) is 11.6 Å². The van der Waals surface area contributed by atoms with Crippen molar-refractivity contribution in [1.82, 2.24) is 0 Å². The molecule has 1 unspecified atom stereocenters. The Kier molecular flexibility index (Phi) is 6.15. The predicted octanol–water partition coefficient (Wildman–Crippen LogP) is 5.69. The van der Waals surface area contributed by atoms with E-state index in [4.69, 9.17) is 16.3 Å². The Bertz CT molecular complexity index is 894. The topological polar surface area (TPSA) is 29.5 Å². The van der Waals surface area contributed by atoms with Crippen LogP contribution < -0.4 is 9.64 Å². The molecule has 3 aromatic rings. The van der Waals surface area contributed by atoms with Crippen molar-refractivity contribution in [3.8, 4) is 5.75 Å². The molecule has 0 heterocycles. The van der Waals surface area contributed by atoms with Gasteiger partial charge >= 0.3 is 0 Å². The van der Waals surface area contributed by atoms with Crippen molar-refractivity contribution >= 4 is 23.2 Å². The second-order valence-corrected chi connectivity index (χ2v) is 6.58. The molecule has 0 saturated heterocycles. The minimum absolute atomic E-state index is 0.0252. The van der Waals surface area contributed by atoms with E-state index in [1.54, 1.807) is 12.0 Å². The normalized spacial score (nSPS) is 11.7. The van der Waals surface area contributed by atoms with Crippen LogP contribution >= 0.6 is 11.6 Å². The Morgan fingerprint density at radius 3 is 2.30 bits per heavy atom. The number of methoxy groups -OCH3 is 1. The average Bonchev–Trinajstić information content (AvgIpc) is 2.74. The minimum atomic E-state index is -0.305. The quantitative estimate of drug-likeness (QED) is 0.515. The molecule has 138 valence electrons. The largest absolute Gasteiger partial charge is 0.497 e. The van der Waals surface area contributed by atoms with E-state index in [0.717, 1.165) is 22.6 Å². The first-order chi connectivity index (χ1) is 13.1. The second-order valence-electron chi connectivity index (χ2n) is 6.15. The predicted molar refractivity (Wildman–Crippen MR) is 111 cm³/mol. The van der Waals surface area contributed by atoms with Gasteiger partial charge in [0, 0.05) is 17.8 Å². The van der Waals surface area contributed by atoms with Gasteiger partial charge in [-0.1, -0.05) is 42.5 Å².